The van der Waals surface area contributed by atoms with Crippen molar-refractivity contribution in [2.45, 2.75) is 30.6 Å². The Morgan fingerprint density at radius 2 is 1.64 bits per heavy atom. The fraction of sp³-hybridized carbons (Fsp3) is 0.316. The van der Waals surface area contributed by atoms with E-state index in [1.165, 1.54) is 12.1 Å². The van der Waals surface area contributed by atoms with Crippen LogP contribution in [0.2, 0.25) is 0 Å². The van der Waals surface area contributed by atoms with E-state index in [0.717, 1.165) is 50.9 Å². The van der Waals surface area contributed by atoms with E-state index in [-0.39, 0.29) is 11.3 Å². The highest BCUT2D eigenvalue weighted by Crippen LogP contribution is 2.28. The number of carboxylic acids is 1. The minimum Gasteiger partial charge on any atom is -0.478 e. The van der Waals surface area contributed by atoms with Crippen molar-refractivity contribution in [3.63, 3.8) is 0 Å². The van der Waals surface area contributed by atoms with Crippen molar-refractivity contribution in [2.75, 3.05) is 22.7 Å². The van der Waals surface area contributed by atoms with Crippen LogP contribution in [0.25, 0.3) is 0 Å². The normalized spacial score (nSPS) is 15.1. The Balaban J connectivity index is 1.91. The van der Waals surface area contributed by atoms with Crippen molar-refractivity contribution < 1.29 is 27.1 Å². The minimum atomic E-state index is -4.20. The molecule has 28 heavy (non-hydrogen) atoms. The third kappa shape index (κ3) is 4.41. The van der Waals surface area contributed by atoms with Gasteiger partial charge in [-0.3, -0.25) is 4.72 Å². The summed E-state index contributed by atoms with van der Waals surface area (Å²) < 4.78 is 53.5. The lowest BCUT2D eigenvalue weighted by molar-refractivity contribution is 0.0697. The predicted octanol–water partition coefficient (Wildman–Crippen LogP) is 3.84. The number of hydrogen-bond acceptors (Lipinski definition) is 4. The van der Waals surface area contributed by atoms with Crippen molar-refractivity contribution >= 4 is 27.4 Å². The van der Waals surface area contributed by atoms with Gasteiger partial charge in [0.25, 0.3) is 10.0 Å². The number of nitrogens with one attached hydrogen (secondary N) is 1. The van der Waals surface area contributed by atoms with Gasteiger partial charge in [-0.25, -0.2) is 22.0 Å². The minimum absolute atomic E-state index is 0.0209. The molecule has 0 aromatic heterocycles. The molecule has 1 aliphatic rings. The smallest absolute Gasteiger partial charge is 0.337 e. The number of anilines is 2. The molecule has 0 radical (unpaired) electrons. The summed E-state index contributed by atoms with van der Waals surface area (Å²) in [6.07, 6.45) is 4.10. The van der Waals surface area contributed by atoms with Crippen LogP contribution in [-0.4, -0.2) is 32.6 Å². The van der Waals surface area contributed by atoms with E-state index in [1.807, 2.05) is 4.90 Å². The first-order chi connectivity index (χ1) is 13.3. The van der Waals surface area contributed by atoms with Crippen molar-refractivity contribution in [3.8, 4) is 0 Å². The fourth-order valence-electron chi connectivity index (χ4n) is 3.22. The molecule has 2 N–H and O–H groups in total. The Kier molecular flexibility index (Phi) is 5.83. The Morgan fingerprint density at radius 3 is 2.25 bits per heavy atom. The molecule has 150 valence electrons. The number of halogens is 2. The third-order valence-electron chi connectivity index (χ3n) is 4.63. The first kappa shape index (κ1) is 20.1. The van der Waals surface area contributed by atoms with Crippen LogP contribution >= 0.6 is 0 Å². The van der Waals surface area contributed by atoms with Crippen LogP contribution < -0.4 is 9.62 Å². The van der Waals surface area contributed by atoms with Crippen molar-refractivity contribution in [2.24, 2.45) is 0 Å². The van der Waals surface area contributed by atoms with Crippen LogP contribution in [0.4, 0.5) is 20.2 Å². The molecule has 0 bridgehead atoms. The molecule has 1 fully saturated rings. The number of carboxylic acid groups (broad SMARTS) is 1. The molecule has 2 aromatic carbocycles. The summed E-state index contributed by atoms with van der Waals surface area (Å²) in [5, 5.41) is 9.58. The van der Waals surface area contributed by atoms with Gasteiger partial charge in [0, 0.05) is 18.8 Å². The molecule has 1 heterocycles. The first-order valence-electron chi connectivity index (χ1n) is 8.88. The summed E-state index contributed by atoms with van der Waals surface area (Å²) in [4.78, 5) is 13.3. The SMILES string of the molecule is O=C(O)c1cc(NS(=O)(=O)c2ccc(F)c(F)c2)ccc1N1CCCCCC1. The van der Waals surface area contributed by atoms with E-state index < -0.39 is 32.5 Å². The molecule has 0 saturated carbocycles. The second-order valence-corrected chi connectivity index (χ2v) is 8.30. The first-order valence-corrected chi connectivity index (χ1v) is 10.4. The lowest BCUT2D eigenvalue weighted by Crippen LogP contribution is -2.26. The zero-order valence-corrected chi connectivity index (χ0v) is 15.8. The van der Waals surface area contributed by atoms with Gasteiger partial charge in [-0.05, 0) is 49.2 Å². The topological polar surface area (TPSA) is 86.7 Å². The van der Waals surface area contributed by atoms with Gasteiger partial charge in [-0.1, -0.05) is 12.8 Å². The Hall–Kier alpha value is -2.68. The maximum atomic E-state index is 13.4. The van der Waals surface area contributed by atoms with E-state index in [9.17, 15) is 27.1 Å². The lowest BCUT2D eigenvalue weighted by Gasteiger charge is -2.24. The highest BCUT2D eigenvalue weighted by atomic mass is 32.2. The number of sulfonamides is 1. The van der Waals surface area contributed by atoms with E-state index >= 15 is 0 Å². The molecule has 0 amide bonds. The third-order valence-corrected chi connectivity index (χ3v) is 6.01. The lowest BCUT2D eigenvalue weighted by atomic mass is 10.1. The number of carbonyl (C=O) groups is 1. The molecular weight excluding hydrogens is 390 g/mol. The van der Waals surface area contributed by atoms with Crippen LogP contribution in [0.3, 0.4) is 0 Å². The van der Waals surface area contributed by atoms with Crippen molar-refractivity contribution in [1.82, 2.24) is 0 Å². The maximum Gasteiger partial charge on any atom is 0.337 e. The molecule has 6 nitrogen and oxygen atoms in total. The molecule has 1 saturated heterocycles. The van der Waals surface area contributed by atoms with Gasteiger partial charge in [0.2, 0.25) is 0 Å². The van der Waals surface area contributed by atoms with Gasteiger partial charge in [-0.15, -0.1) is 0 Å². The van der Waals surface area contributed by atoms with Crippen LogP contribution in [-0.2, 0) is 10.0 Å². The summed E-state index contributed by atoms with van der Waals surface area (Å²) in [6, 6.07) is 6.49. The molecule has 9 heteroatoms. The van der Waals surface area contributed by atoms with Crippen molar-refractivity contribution in [1.29, 1.82) is 0 Å². The quantitative estimate of drug-likeness (QED) is 0.782. The molecule has 0 spiro atoms. The van der Waals surface area contributed by atoms with E-state index in [0.29, 0.717) is 11.8 Å². The highest BCUT2D eigenvalue weighted by Gasteiger charge is 2.21. The van der Waals surface area contributed by atoms with Gasteiger partial charge in [-0.2, -0.15) is 0 Å². The predicted molar refractivity (Wildman–Crippen MR) is 101 cm³/mol. The number of benzene rings is 2. The zero-order chi connectivity index (χ0) is 20.3. The molecular formula is C19H20F2N2O4S. The van der Waals surface area contributed by atoms with Gasteiger partial charge >= 0.3 is 5.97 Å². The number of nitrogens with zero attached hydrogens (tertiary/aromatic N) is 1. The Labute approximate surface area is 161 Å². The summed E-state index contributed by atoms with van der Waals surface area (Å²) >= 11 is 0. The summed E-state index contributed by atoms with van der Waals surface area (Å²) in [7, 11) is -4.20. The monoisotopic (exact) mass is 410 g/mol. The Bertz CT molecular complexity index is 987. The van der Waals surface area contributed by atoms with Crippen LogP contribution in [0.1, 0.15) is 36.0 Å². The largest absolute Gasteiger partial charge is 0.478 e. The molecule has 0 atom stereocenters. The summed E-state index contributed by atoms with van der Waals surface area (Å²) in [5.74, 6) is -3.62. The van der Waals surface area contributed by atoms with Gasteiger partial charge in [0.05, 0.1) is 16.1 Å². The van der Waals surface area contributed by atoms with Crippen LogP contribution in [0.5, 0.6) is 0 Å². The molecule has 0 unspecified atom stereocenters. The van der Waals surface area contributed by atoms with Gasteiger partial charge in [0.1, 0.15) is 0 Å². The van der Waals surface area contributed by atoms with Crippen molar-refractivity contribution in [3.05, 3.63) is 53.6 Å². The van der Waals surface area contributed by atoms with E-state index in [1.54, 1.807) is 6.07 Å². The van der Waals surface area contributed by atoms with Gasteiger partial charge < -0.3 is 10.0 Å². The molecule has 1 aliphatic heterocycles. The second kappa shape index (κ2) is 8.14. The average Bonchev–Trinajstić information content (AvgIpc) is 2.93. The summed E-state index contributed by atoms with van der Waals surface area (Å²) in [6.45, 7) is 1.47. The van der Waals surface area contributed by atoms with Gasteiger partial charge in [0.15, 0.2) is 11.6 Å². The highest BCUT2D eigenvalue weighted by molar-refractivity contribution is 7.92. The molecule has 0 aliphatic carbocycles. The molecule has 3 rings (SSSR count). The number of aromatic carboxylic acids is 1. The standard InChI is InChI=1S/C19H20F2N2O4S/c20-16-7-6-14(12-17(16)21)28(26,27)22-13-5-8-18(15(11-13)19(24)25)23-9-3-1-2-4-10-23/h5-8,11-12,22H,1-4,9-10H2,(H,24,25). The fourth-order valence-corrected chi connectivity index (χ4v) is 4.28. The van der Waals surface area contributed by atoms with E-state index in [2.05, 4.69) is 4.72 Å². The summed E-state index contributed by atoms with van der Waals surface area (Å²) in [5.41, 5.74) is 0.540. The maximum absolute atomic E-state index is 13.4. The number of rotatable bonds is 5. The molecule has 2 aromatic rings. The Morgan fingerprint density at radius 1 is 0.964 bits per heavy atom. The average molecular weight is 410 g/mol. The van der Waals surface area contributed by atoms with Crippen LogP contribution in [0.15, 0.2) is 41.3 Å². The second-order valence-electron chi connectivity index (χ2n) is 6.62. The number of hydrogen-bond donors (Lipinski definition) is 2. The van der Waals surface area contributed by atoms with Crippen LogP contribution in [0, 0.1) is 11.6 Å². The zero-order valence-electron chi connectivity index (χ0n) is 15.0. The van der Waals surface area contributed by atoms with E-state index in [4.69, 9.17) is 0 Å².